The van der Waals surface area contributed by atoms with Crippen LogP contribution >= 0.6 is 11.3 Å². The quantitative estimate of drug-likeness (QED) is 0.518. The van der Waals surface area contributed by atoms with E-state index in [2.05, 4.69) is 50.3 Å². The van der Waals surface area contributed by atoms with Crippen molar-refractivity contribution in [1.29, 1.82) is 0 Å². The first-order valence-electron chi connectivity index (χ1n) is 9.82. The van der Waals surface area contributed by atoms with Gasteiger partial charge in [0.25, 0.3) is 0 Å². The van der Waals surface area contributed by atoms with Crippen LogP contribution in [-0.2, 0) is 6.54 Å². The molecule has 0 unspecified atom stereocenters. The molecule has 1 aliphatic rings. The van der Waals surface area contributed by atoms with Gasteiger partial charge in [-0.1, -0.05) is 12.1 Å². The molecule has 0 bridgehead atoms. The molecule has 29 heavy (non-hydrogen) atoms. The van der Waals surface area contributed by atoms with E-state index in [9.17, 15) is 0 Å². The molecule has 146 valence electrons. The lowest BCUT2D eigenvalue weighted by Crippen LogP contribution is -2.46. The molecule has 1 fully saturated rings. The van der Waals surface area contributed by atoms with E-state index in [1.165, 1.54) is 5.69 Å². The number of aromatic nitrogens is 4. The third-order valence-corrected chi connectivity index (χ3v) is 6.07. The maximum atomic E-state index is 4.97. The van der Waals surface area contributed by atoms with Crippen molar-refractivity contribution in [3.63, 3.8) is 0 Å². The maximum Gasteiger partial charge on any atom is 0.162 e. The highest BCUT2D eigenvalue weighted by Gasteiger charge is 2.21. The Morgan fingerprint density at radius 2 is 1.72 bits per heavy atom. The van der Waals surface area contributed by atoms with Gasteiger partial charge in [0.15, 0.2) is 5.82 Å². The van der Waals surface area contributed by atoms with Gasteiger partial charge in [-0.3, -0.25) is 9.88 Å². The summed E-state index contributed by atoms with van der Waals surface area (Å²) < 4.78 is 0. The normalized spacial score (nSPS) is 15.1. The van der Waals surface area contributed by atoms with Gasteiger partial charge in [0.1, 0.15) is 5.82 Å². The monoisotopic (exact) mass is 402 g/mol. The first kappa shape index (κ1) is 18.1. The minimum atomic E-state index is 0.751. The largest absolute Gasteiger partial charge is 0.353 e. The van der Waals surface area contributed by atoms with Crippen molar-refractivity contribution in [2.75, 3.05) is 31.1 Å². The number of thiazole rings is 1. The minimum absolute atomic E-state index is 0.751. The van der Waals surface area contributed by atoms with Crippen molar-refractivity contribution in [1.82, 2.24) is 24.8 Å². The number of piperazine rings is 1. The number of rotatable bonds is 4. The molecule has 0 atom stereocenters. The molecule has 7 heteroatoms. The van der Waals surface area contributed by atoms with Gasteiger partial charge < -0.3 is 4.90 Å². The number of benzene rings is 1. The Kier molecular flexibility index (Phi) is 4.91. The van der Waals surface area contributed by atoms with Crippen LogP contribution in [0, 0.1) is 6.92 Å². The number of pyridine rings is 1. The van der Waals surface area contributed by atoms with Crippen LogP contribution in [0.3, 0.4) is 0 Å². The van der Waals surface area contributed by atoms with Crippen molar-refractivity contribution in [2.24, 2.45) is 0 Å². The summed E-state index contributed by atoms with van der Waals surface area (Å²) >= 11 is 1.72. The predicted octanol–water partition coefficient (Wildman–Crippen LogP) is 3.78. The predicted molar refractivity (Wildman–Crippen MR) is 117 cm³/mol. The Morgan fingerprint density at radius 3 is 2.48 bits per heavy atom. The second-order valence-electron chi connectivity index (χ2n) is 7.24. The molecule has 1 aliphatic heterocycles. The molecule has 6 nitrogen and oxygen atoms in total. The van der Waals surface area contributed by atoms with Crippen LogP contribution in [0.1, 0.15) is 10.7 Å². The van der Waals surface area contributed by atoms with E-state index in [0.29, 0.717) is 0 Å². The molecule has 0 spiro atoms. The van der Waals surface area contributed by atoms with Crippen LogP contribution in [-0.4, -0.2) is 51.0 Å². The van der Waals surface area contributed by atoms with Gasteiger partial charge >= 0.3 is 0 Å². The van der Waals surface area contributed by atoms with Crippen molar-refractivity contribution in [2.45, 2.75) is 13.5 Å². The van der Waals surface area contributed by atoms with Gasteiger partial charge in [-0.05, 0) is 31.2 Å². The highest BCUT2D eigenvalue weighted by atomic mass is 32.1. The zero-order chi connectivity index (χ0) is 19.6. The number of hydrogen-bond donors (Lipinski definition) is 0. The van der Waals surface area contributed by atoms with Gasteiger partial charge in [0.2, 0.25) is 0 Å². The van der Waals surface area contributed by atoms with E-state index in [-0.39, 0.29) is 0 Å². The number of anilines is 1. The van der Waals surface area contributed by atoms with Gasteiger partial charge in [0.05, 0.1) is 16.2 Å². The third-order valence-electron chi connectivity index (χ3n) is 5.25. The van der Waals surface area contributed by atoms with Crippen LogP contribution in [0.25, 0.3) is 22.3 Å². The molecular formula is C22H22N6S. The van der Waals surface area contributed by atoms with Crippen molar-refractivity contribution >= 4 is 28.1 Å². The Balaban J connectivity index is 1.41. The van der Waals surface area contributed by atoms with Crippen molar-refractivity contribution < 1.29 is 0 Å². The molecule has 1 aromatic carbocycles. The topological polar surface area (TPSA) is 58.0 Å². The number of hydrogen-bond acceptors (Lipinski definition) is 7. The second kappa shape index (κ2) is 7.85. The maximum absolute atomic E-state index is 4.97. The first-order valence-corrected chi connectivity index (χ1v) is 10.7. The molecule has 1 saturated heterocycles. The molecule has 0 amide bonds. The third kappa shape index (κ3) is 3.83. The van der Waals surface area contributed by atoms with Gasteiger partial charge in [-0.15, -0.1) is 11.3 Å². The van der Waals surface area contributed by atoms with E-state index in [1.54, 1.807) is 23.7 Å². The molecule has 4 heterocycles. The molecule has 0 radical (unpaired) electrons. The molecule has 4 aromatic rings. The number of aryl methyl sites for hydroxylation is 1. The van der Waals surface area contributed by atoms with Crippen molar-refractivity contribution in [3.05, 3.63) is 64.9 Å². The van der Waals surface area contributed by atoms with E-state index < -0.39 is 0 Å². The van der Waals surface area contributed by atoms with Crippen LogP contribution in [0.2, 0.25) is 0 Å². The summed E-state index contributed by atoms with van der Waals surface area (Å²) in [5, 5.41) is 4.41. The van der Waals surface area contributed by atoms with E-state index >= 15 is 0 Å². The fourth-order valence-electron chi connectivity index (χ4n) is 3.76. The SMILES string of the molecule is Cc1nc(CN2CCN(c3nc(-c4ccncc4)nc4ccccc34)CC2)cs1. The molecule has 0 aliphatic carbocycles. The average Bonchev–Trinajstić information content (AvgIpc) is 3.18. The van der Waals surface area contributed by atoms with E-state index in [1.807, 2.05) is 18.2 Å². The number of fused-ring (bicyclic) bond motifs is 1. The molecule has 0 N–H and O–H groups in total. The van der Waals surface area contributed by atoms with Crippen LogP contribution in [0.4, 0.5) is 5.82 Å². The van der Waals surface area contributed by atoms with Crippen molar-refractivity contribution in [3.8, 4) is 11.4 Å². The van der Waals surface area contributed by atoms with E-state index in [0.717, 1.165) is 65.8 Å². The lowest BCUT2D eigenvalue weighted by Gasteiger charge is -2.35. The smallest absolute Gasteiger partial charge is 0.162 e. The highest BCUT2D eigenvalue weighted by Crippen LogP contribution is 2.28. The van der Waals surface area contributed by atoms with Gasteiger partial charge in [-0.2, -0.15) is 0 Å². The Labute approximate surface area is 173 Å². The number of para-hydroxylation sites is 1. The zero-order valence-electron chi connectivity index (χ0n) is 16.3. The summed E-state index contributed by atoms with van der Waals surface area (Å²) in [5.74, 6) is 1.77. The van der Waals surface area contributed by atoms with Crippen LogP contribution in [0.5, 0.6) is 0 Å². The fraction of sp³-hybridized carbons (Fsp3) is 0.273. The lowest BCUT2D eigenvalue weighted by molar-refractivity contribution is 0.247. The second-order valence-corrected chi connectivity index (χ2v) is 8.31. The van der Waals surface area contributed by atoms with Crippen LogP contribution < -0.4 is 4.90 Å². The molecule has 5 rings (SSSR count). The lowest BCUT2D eigenvalue weighted by atomic mass is 10.2. The summed E-state index contributed by atoms with van der Waals surface area (Å²) in [4.78, 5) is 23.3. The van der Waals surface area contributed by atoms with E-state index in [4.69, 9.17) is 9.97 Å². The van der Waals surface area contributed by atoms with Gasteiger partial charge in [0, 0.05) is 61.4 Å². The summed E-state index contributed by atoms with van der Waals surface area (Å²) in [5.41, 5.74) is 3.14. The summed E-state index contributed by atoms with van der Waals surface area (Å²) in [6, 6.07) is 12.2. The molecule has 3 aromatic heterocycles. The molecular weight excluding hydrogens is 380 g/mol. The zero-order valence-corrected chi connectivity index (χ0v) is 17.1. The fourth-order valence-corrected chi connectivity index (χ4v) is 4.36. The Bertz CT molecular complexity index is 1120. The highest BCUT2D eigenvalue weighted by molar-refractivity contribution is 7.09. The Hall–Kier alpha value is -2.90. The Morgan fingerprint density at radius 1 is 0.931 bits per heavy atom. The number of nitrogens with zero attached hydrogens (tertiary/aromatic N) is 6. The molecule has 0 saturated carbocycles. The summed E-state index contributed by atoms with van der Waals surface area (Å²) in [6.07, 6.45) is 3.57. The average molecular weight is 403 g/mol. The first-order chi connectivity index (χ1) is 14.3. The van der Waals surface area contributed by atoms with Gasteiger partial charge in [-0.25, -0.2) is 15.0 Å². The summed E-state index contributed by atoms with van der Waals surface area (Å²) in [7, 11) is 0. The summed E-state index contributed by atoms with van der Waals surface area (Å²) in [6.45, 7) is 6.87. The van der Waals surface area contributed by atoms with Crippen LogP contribution in [0.15, 0.2) is 54.2 Å². The standard InChI is InChI=1S/C22H22N6S/c1-16-24-18(15-29-16)14-27-10-12-28(13-11-27)22-19-4-2-3-5-20(19)25-21(26-22)17-6-8-23-9-7-17/h2-9,15H,10-14H2,1H3. The minimum Gasteiger partial charge on any atom is -0.353 e.